The van der Waals surface area contributed by atoms with Crippen LogP contribution < -0.4 is 0 Å². The molecule has 0 saturated heterocycles. The molecule has 1 aliphatic rings. The summed E-state index contributed by atoms with van der Waals surface area (Å²) in [4.78, 5) is 9.72. The standard InChI is InChI=1S/C47H30N4/c1-2-10-30(11-3-1)31-18-22-35(23-19-31)50-42-16-8-7-15-38(42)40-26-32(21-25-44(40)50)33-20-24-39-37-14-6-9-17-43(37)51(45(39)28-33)47-41-27-34-12-4-5-13-36(34)46(41)48-29-49-47/h1-26,28-29H,27H2. The predicted molar refractivity (Wildman–Crippen MR) is 210 cm³/mol. The van der Waals surface area contributed by atoms with Crippen molar-refractivity contribution in [3.8, 4) is 45.0 Å². The quantitative estimate of drug-likeness (QED) is 0.190. The second-order valence-electron chi connectivity index (χ2n) is 13.4. The van der Waals surface area contributed by atoms with Crippen LogP contribution in [0, 0.1) is 0 Å². The van der Waals surface area contributed by atoms with Crippen molar-refractivity contribution in [2.24, 2.45) is 0 Å². The molecule has 0 fully saturated rings. The molecule has 3 heterocycles. The molecule has 0 amide bonds. The van der Waals surface area contributed by atoms with E-state index in [-0.39, 0.29) is 0 Å². The highest BCUT2D eigenvalue weighted by Crippen LogP contribution is 2.41. The number of hydrogen-bond donors (Lipinski definition) is 0. The summed E-state index contributed by atoms with van der Waals surface area (Å²) in [6.45, 7) is 0. The second-order valence-corrected chi connectivity index (χ2v) is 13.4. The number of rotatable bonds is 4. The second kappa shape index (κ2) is 10.9. The van der Waals surface area contributed by atoms with Crippen LogP contribution in [0.2, 0.25) is 0 Å². The maximum absolute atomic E-state index is 4.96. The molecule has 1 aliphatic carbocycles. The third-order valence-electron chi connectivity index (χ3n) is 10.7. The van der Waals surface area contributed by atoms with Crippen molar-refractivity contribution < 1.29 is 0 Å². The van der Waals surface area contributed by atoms with Gasteiger partial charge in [-0.3, -0.25) is 4.57 Å². The van der Waals surface area contributed by atoms with Crippen LogP contribution in [-0.4, -0.2) is 19.1 Å². The zero-order valence-electron chi connectivity index (χ0n) is 27.7. The van der Waals surface area contributed by atoms with Gasteiger partial charge in [0.1, 0.15) is 12.1 Å². The van der Waals surface area contributed by atoms with E-state index in [1.54, 1.807) is 6.33 Å². The number of hydrogen-bond acceptors (Lipinski definition) is 2. The Hall–Kier alpha value is -6.78. The zero-order chi connectivity index (χ0) is 33.5. The fourth-order valence-electron chi connectivity index (χ4n) is 8.33. The molecular formula is C47H30N4. The van der Waals surface area contributed by atoms with E-state index in [4.69, 9.17) is 9.97 Å². The highest BCUT2D eigenvalue weighted by atomic mass is 15.1. The number of para-hydroxylation sites is 2. The highest BCUT2D eigenvalue weighted by Gasteiger charge is 2.26. The van der Waals surface area contributed by atoms with Crippen molar-refractivity contribution in [2.45, 2.75) is 6.42 Å². The summed E-state index contributed by atoms with van der Waals surface area (Å²) >= 11 is 0. The molecule has 11 rings (SSSR count). The lowest BCUT2D eigenvalue weighted by Gasteiger charge is -2.12. The van der Waals surface area contributed by atoms with Gasteiger partial charge in [-0.25, -0.2) is 9.97 Å². The first-order valence-electron chi connectivity index (χ1n) is 17.5. The average Bonchev–Trinajstić information content (AvgIpc) is 3.86. The SMILES string of the molecule is c1ccc(-c2ccc(-n3c4ccccc4c4cc(-c5ccc6c7ccccc7n(-c7ncnc8c7Cc7ccccc7-8)c6c5)ccc43)cc2)cc1. The van der Waals surface area contributed by atoms with Crippen LogP contribution in [0.5, 0.6) is 0 Å². The molecule has 238 valence electrons. The molecule has 4 heteroatoms. The largest absolute Gasteiger partial charge is 0.309 e. The molecule has 0 spiro atoms. The van der Waals surface area contributed by atoms with Crippen molar-refractivity contribution in [1.82, 2.24) is 19.1 Å². The summed E-state index contributed by atoms with van der Waals surface area (Å²) in [5.74, 6) is 0.955. The molecule has 51 heavy (non-hydrogen) atoms. The summed E-state index contributed by atoms with van der Waals surface area (Å²) in [5, 5.41) is 4.92. The Balaban J connectivity index is 1.08. The van der Waals surface area contributed by atoms with E-state index < -0.39 is 0 Å². The number of aromatic nitrogens is 4. The van der Waals surface area contributed by atoms with Crippen LogP contribution in [0.25, 0.3) is 88.6 Å². The Morgan fingerprint density at radius 2 is 1.02 bits per heavy atom. The Kier molecular flexibility index (Phi) is 5.98. The van der Waals surface area contributed by atoms with Crippen LogP contribution in [0.3, 0.4) is 0 Å². The Morgan fingerprint density at radius 3 is 1.86 bits per heavy atom. The zero-order valence-corrected chi connectivity index (χ0v) is 27.7. The average molecular weight is 651 g/mol. The van der Waals surface area contributed by atoms with Gasteiger partial charge in [0, 0.05) is 44.8 Å². The van der Waals surface area contributed by atoms with Gasteiger partial charge in [-0.2, -0.15) is 0 Å². The molecule has 0 atom stereocenters. The van der Waals surface area contributed by atoms with Crippen molar-refractivity contribution >= 4 is 43.6 Å². The van der Waals surface area contributed by atoms with Crippen molar-refractivity contribution in [3.05, 3.63) is 181 Å². The van der Waals surface area contributed by atoms with E-state index in [1.165, 1.54) is 71.5 Å². The van der Waals surface area contributed by atoms with Gasteiger partial charge in [0.05, 0.1) is 27.8 Å². The summed E-state index contributed by atoms with van der Waals surface area (Å²) in [5.41, 5.74) is 15.4. The number of nitrogens with zero attached hydrogens (tertiary/aromatic N) is 4. The lowest BCUT2D eigenvalue weighted by Crippen LogP contribution is -2.03. The molecular weight excluding hydrogens is 621 g/mol. The van der Waals surface area contributed by atoms with E-state index >= 15 is 0 Å². The lowest BCUT2D eigenvalue weighted by molar-refractivity contribution is 1.00. The van der Waals surface area contributed by atoms with Crippen molar-refractivity contribution in [3.63, 3.8) is 0 Å². The minimum absolute atomic E-state index is 0.824. The van der Waals surface area contributed by atoms with Gasteiger partial charge >= 0.3 is 0 Å². The fraction of sp³-hybridized carbons (Fsp3) is 0.0213. The van der Waals surface area contributed by atoms with Crippen molar-refractivity contribution in [1.29, 1.82) is 0 Å². The molecule has 0 bridgehead atoms. The van der Waals surface area contributed by atoms with Gasteiger partial charge in [-0.1, -0.05) is 121 Å². The van der Waals surface area contributed by atoms with Gasteiger partial charge in [0.25, 0.3) is 0 Å². The maximum atomic E-state index is 4.96. The Morgan fingerprint density at radius 1 is 0.412 bits per heavy atom. The van der Waals surface area contributed by atoms with E-state index in [1.807, 2.05) is 0 Å². The first-order valence-corrected chi connectivity index (χ1v) is 17.5. The molecule has 0 unspecified atom stereocenters. The van der Waals surface area contributed by atoms with Gasteiger partial charge in [0.2, 0.25) is 0 Å². The van der Waals surface area contributed by atoms with Crippen LogP contribution in [0.15, 0.2) is 170 Å². The third-order valence-corrected chi connectivity index (χ3v) is 10.7. The van der Waals surface area contributed by atoms with Crippen LogP contribution in [0.1, 0.15) is 11.1 Å². The first kappa shape index (κ1) is 28.1. The Bertz CT molecular complexity index is 2980. The minimum atomic E-state index is 0.824. The van der Waals surface area contributed by atoms with E-state index in [0.717, 1.165) is 34.7 Å². The van der Waals surface area contributed by atoms with Gasteiger partial charge in [0.15, 0.2) is 0 Å². The first-order chi connectivity index (χ1) is 25.3. The summed E-state index contributed by atoms with van der Waals surface area (Å²) < 4.78 is 4.74. The molecule has 3 aromatic heterocycles. The lowest BCUT2D eigenvalue weighted by atomic mass is 10.0. The highest BCUT2D eigenvalue weighted by molar-refractivity contribution is 6.12. The topological polar surface area (TPSA) is 35.6 Å². The van der Waals surface area contributed by atoms with Gasteiger partial charge in [-0.15, -0.1) is 0 Å². The van der Waals surface area contributed by atoms with Crippen LogP contribution in [-0.2, 0) is 6.42 Å². The number of fused-ring (bicyclic) bond motifs is 9. The molecule has 10 aromatic rings. The third kappa shape index (κ3) is 4.20. The van der Waals surface area contributed by atoms with E-state index in [2.05, 4.69) is 173 Å². The smallest absolute Gasteiger partial charge is 0.145 e. The Labute approximate surface area is 294 Å². The van der Waals surface area contributed by atoms with E-state index in [9.17, 15) is 0 Å². The molecule has 0 radical (unpaired) electrons. The maximum Gasteiger partial charge on any atom is 0.145 e. The molecule has 0 aliphatic heterocycles. The minimum Gasteiger partial charge on any atom is -0.309 e. The van der Waals surface area contributed by atoms with Crippen LogP contribution >= 0.6 is 0 Å². The molecule has 4 nitrogen and oxygen atoms in total. The monoisotopic (exact) mass is 650 g/mol. The predicted octanol–water partition coefficient (Wildman–Crippen LogP) is 11.6. The van der Waals surface area contributed by atoms with Crippen LogP contribution in [0.4, 0.5) is 0 Å². The van der Waals surface area contributed by atoms with Gasteiger partial charge in [-0.05, 0) is 70.3 Å². The molecule has 0 saturated carbocycles. The summed E-state index contributed by atoms with van der Waals surface area (Å²) in [6.07, 6.45) is 2.55. The summed E-state index contributed by atoms with van der Waals surface area (Å²) in [7, 11) is 0. The summed E-state index contributed by atoms with van der Waals surface area (Å²) in [6, 6.07) is 59.3. The number of benzene rings is 7. The van der Waals surface area contributed by atoms with Gasteiger partial charge < -0.3 is 4.57 Å². The molecule has 7 aromatic carbocycles. The van der Waals surface area contributed by atoms with Crippen molar-refractivity contribution in [2.75, 3.05) is 0 Å². The molecule has 0 N–H and O–H groups in total. The fourth-order valence-corrected chi connectivity index (χ4v) is 8.33. The van der Waals surface area contributed by atoms with E-state index in [0.29, 0.717) is 0 Å². The normalized spacial score (nSPS) is 12.2.